The largest absolute Gasteiger partial charge is 0.493 e. The highest BCUT2D eigenvalue weighted by Gasteiger charge is 2.16. The van der Waals surface area contributed by atoms with Crippen molar-refractivity contribution in [1.29, 1.82) is 0 Å². The third-order valence-corrected chi connectivity index (χ3v) is 3.30. The Morgan fingerprint density at radius 1 is 1.22 bits per heavy atom. The summed E-state index contributed by atoms with van der Waals surface area (Å²) in [6.45, 7) is 5.87. The van der Waals surface area contributed by atoms with E-state index in [-0.39, 0.29) is 5.91 Å². The molecule has 2 aromatic rings. The van der Waals surface area contributed by atoms with Crippen LogP contribution in [0.1, 0.15) is 23.9 Å². The van der Waals surface area contributed by atoms with E-state index in [0.717, 1.165) is 17.0 Å². The number of benzene rings is 1. The summed E-state index contributed by atoms with van der Waals surface area (Å²) in [5.41, 5.74) is 2.68. The molecule has 0 saturated heterocycles. The highest BCUT2D eigenvalue weighted by Crippen LogP contribution is 2.28. The Morgan fingerprint density at radius 2 is 2.00 bits per heavy atom. The molecule has 1 aromatic carbocycles. The molecule has 1 unspecified atom stereocenters. The number of nitrogens with one attached hydrogen (secondary N) is 1. The molecule has 1 heterocycles. The molecule has 0 fully saturated rings. The number of carbonyl (C=O) groups excluding carboxylic acids is 1. The molecule has 0 radical (unpaired) electrons. The maximum Gasteiger partial charge on any atom is 0.261 e. The van der Waals surface area contributed by atoms with Gasteiger partial charge in [0.05, 0.1) is 19.3 Å². The number of nitrogens with zero attached hydrogens (tertiary/aromatic N) is 2. The Bertz CT molecular complexity index is 689. The van der Waals surface area contributed by atoms with E-state index >= 15 is 0 Å². The van der Waals surface area contributed by atoms with Gasteiger partial charge in [-0.1, -0.05) is 6.07 Å². The average Bonchev–Trinajstić information content (AvgIpc) is 2.54. The van der Waals surface area contributed by atoms with Gasteiger partial charge in [0.2, 0.25) is 0 Å². The van der Waals surface area contributed by atoms with Crippen LogP contribution in [0.4, 0.5) is 0 Å². The van der Waals surface area contributed by atoms with Crippen molar-refractivity contribution in [2.75, 3.05) is 7.11 Å². The van der Waals surface area contributed by atoms with Crippen LogP contribution < -0.4 is 14.8 Å². The van der Waals surface area contributed by atoms with Crippen molar-refractivity contribution in [1.82, 2.24) is 15.3 Å². The Hall–Kier alpha value is -2.63. The van der Waals surface area contributed by atoms with Crippen LogP contribution in [0.3, 0.4) is 0 Å². The summed E-state index contributed by atoms with van der Waals surface area (Å²) < 4.78 is 11.0. The normalized spacial score (nSPS) is 11.7. The number of amides is 1. The maximum absolute atomic E-state index is 12.2. The molecular weight excluding hydrogens is 294 g/mol. The van der Waals surface area contributed by atoms with E-state index in [9.17, 15) is 4.79 Å². The third kappa shape index (κ3) is 4.67. The molecule has 0 bridgehead atoms. The molecule has 0 aliphatic heterocycles. The maximum atomic E-state index is 12.2. The molecule has 6 heteroatoms. The van der Waals surface area contributed by atoms with Gasteiger partial charge in [-0.2, -0.15) is 0 Å². The standard InChI is InChI=1S/C17H21N3O3/c1-11-5-6-15(16(7-11)22-4)23-13(3)17(21)18-9-14-8-12(2)19-10-20-14/h5-8,10,13H,9H2,1-4H3,(H,18,21). The van der Waals surface area contributed by atoms with E-state index in [1.807, 2.05) is 32.0 Å². The smallest absolute Gasteiger partial charge is 0.261 e. The van der Waals surface area contributed by atoms with E-state index in [0.29, 0.717) is 18.0 Å². The lowest BCUT2D eigenvalue weighted by atomic mass is 10.2. The van der Waals surface area contributed by atoms with Gasteiger partial charge in [0.25, 0.3) is 5.91 Å². The van der Waals surface area contributed by atoms with E-state index in [4.69, 9.17) is 9.47 Å². The van der Waals surface area contributed by atoms with Gasteiger partial charge >= 0.3 is 0 Å². The lowest BCUT2D eigenvalue weighted by Crippen LogP contribution is -2.36. The van der Waals surface area contributed by atoms with E-state index < -0.39 is 6.10 Å². The van der Waals surface area contributed by atoms with Crippen LogP contribution in [0.25, 0.3) is 0 Å². The summed E-state index contributed by atoms with van der Waals surface area (Å²) in [5.74, 6) is 0.929. The number of carbonyl (C=O) groups is 1. The first-order valence-electron chi connectivity index (χ1n) is 7.36. The summed E-state index contributed by atoms with van der Waals surface area (Å²) >= 11 is 0. The van der Waals surface area contributed by atoms with Gasteiger partial charge in [-0.25, -0.2) is 9.97 Å². The van der Waals surface area contributed by atoms with Crippen molar-refractivity contribution in [2.24, 2.45) is 0 Å². The van der Waals surface area contributed by atoms with Gasteiger partial charge < -0.3 is 14.8 Å². The second-order valence-corrected chi connectivity index (χ2v) is 5.28. The zero-order valence-corrected chi connectivity index (χ0v) is 13.8. The molecule has 0 spiro atoms. The van der Waals surface area contributed by atoms with Crippen molar-refractivity contribution in [3.05, 3.63) is 47.5 Å². The summed E-state index contributed by atoms with van der Waals surface area (Å²) in [6.07, 6.45) is 0.836. The summed E-state index contributed by atoms with van der Waals surface area (Å²) in [6, 6.07) is 7.40. The fourth-order valence-electron chi connectivity index (χ4n) is 2.04. The molecule has 0 aliphatic carbocycles. The van der Waals surface area contributed by atoms with E-state index in [1.165, 1.54) is 6.33 Å². The number of rotatable bonds is 6. The molecule has 1 aromatic heterocycles. The van der Waals surface area contributed by atoms with Gasteiger partial charge in [-0.05, 0) is 44.5 Å². The molecule has 122 valence electrons. The Labute approximate surface area is 135 Å². The number of hydrogen-bond acceptors (Lipinski definition) is 5. The third-order valence-electron chi connectivity index (χ3n) is 3.30. The number of aryl methyl sites for hydroxylation is 2. The second-order valence-electron chi connectivity index (χ2n) is 5.28. The zero-order valence-electron chi connectivity index (χ0n) is 13.8. The van der Waals surface area contributed by atoms with Gasteiger partial charge in [0, 0.05) is 5.69 Å². The molecule has 0 aliphatic rings. The van der Waals surface area contributed by atoms with Crippen molar-refractivity contribution in [2.45, 2.75) is 33.4 Å². The molecule has 1 atom stereocenters. The molecule has 1 N–H and O–H groups in total. The minimum absolute atomic E-state index is 0.219. The van der Waals surface area contributed by atoms with Crippen LogP contribution in [0.15, 0.2) is 30.6 Å². The number of ether oxygens (including phenoxy) is 2. The van der Waals surface area contributed by atoms with Crippen LogP contribution in [0, 0.1) is 13.8 Å². The van der Waals surface area contributed by atoms with Gasteiger partial charge in [-0.3, -0.25) is 4.79 Å². The fraction of sp³-hybridized carbons (Fsp3) is 0.353. The minimum Gasteiger partial charge on any atom is -0.493 e. The van der Waals surface area contributed by atoms with Crippen molar-refractivity contribution >= 4 is 5.91 Å². The van der Waals surface area contributed by atoms with Crippen molar-refractivity contribution in [3.8, 4) is 11.5 Å². The monoisotopic (exact) mass is 315 g/mol. The van der Waals surface area contributed by atoms with Gasteiger partial charge in [-0.15, -0.1) is 0 Å². The molecule has 2 rings (SSSR count). The highest BCUT2D eigenvalue weighted by molar-refractivity contribution is 5.80. The van der Waals surface area contributed by atoms with Crippen LogP contribution in [-0.2, 0) is 11.3 Å². The molecule has 23 heavy (non-hydrogen) atoms. The van der Waals surface area contributed by atoms with Crippen LogP contribution in [0.2, 0.25) is 0 Å². The first-order valence-corrected chi connectivity index (χ1v) is 7.36. The predicted octanol–water partition coefficient (Wildman–Crippen LogP) is 2.19. The number of methoxy groups -OCH3 is 1. The van der Waals surface area contributed by atoms with Crippen molar-refractivity contribution in [3.63, 3.8) is 0 Å². The first kappa shape index (κ1) is 16.7. The molecular formula is C17H21N3O3. The summed E-state index contributed by atoms with van der Waals surface area (Å²) in [5, 5.41) is 2.80. The Balaban J connectivity index is 1.95. The van der Waals surface area contributed by atoms with E-state index in [1.54, 1.807) is 20.1 Å². The minimum atomic E-state index is -0.644. The van der Waals surface area contributed by atoms with Crippen molar-refractivity contribution < 1.29 is 14.3 Å². The van der Waals surface area contributed by atoms with Crippen LogP contribution >= 0.6 is 0 Å². The lowest BCUT2D eigenvalue weighted by molar-refractivity contribution is -0.127. The fourth-order valence-corrected chi connectivity index (χ4v) is 2.04. The Kier molecular flexibility index (Phi) is 5.51. The number of aromatic nitrogens is 2. The van der Waals surface area contributed by atoms with Crippen LogP contribution in [-0.4, -0.2) is 29.1 Å². The molecule has 1 amide bonds. The van der Waals surface area contributed by atoms with Gasteiger partial charge in [0.1, 0.15) is 6.33 Å². The van der Waals surface area contributed by atoms with Crippen LogP contribution in [0.5, 0.6) is 11.5 Å². The zero-order chi connectivity index (χ0) is 16.8. The Morgan fingerprint density at radius 3 is 2.70 bits per heavy atom. The SMILES string of the molecule is COc1cc(C)ccc1OC(C)C(=O)NCc1cc(C)ncn1. The molecule has 0 saturated carbocycles. The summed E-state index contributed by atoms with van der Waals surface area (Å²) in [4.78, 5) is 20.3. The second kappa shape index (κ2) is 7.58. The summed E-state index contributed by atoms with van der Waals surface area (Å²) in [7, 11) is 1.57. The van der Waals surface area contributed by atoms with Gasteiger partial charge in [0.15, 0.2) is 17.6 Å². The first-order chi connectivity index (χ1) is 11.0. The lowest BCUT2D eigenvalue weighted by Gasteiger charge is -2.17. The molecule has 6 nitrogen and oxygen atoms in total. The highest BCUT2D eigenvalue weighted by atomic mass is 16.5. The average molecular weight is 315 g/mol. The topological polar surface area (TPSA) is 73.3 Å². The quantitative estimate of drug-likeness (QED) is 0.884. The van der Waals surface area contributed by atoms with E-state index in [2.05, 4.69) is 15.3 Å². The number of hydrogen-bond donors (Lipinski definition) is 1. The predicted molar refractivity (Wildman–Crippen MR) is 86.4 cm³/mol.